The summed E-state index contributed by atoms with van der Waals surface area (Å²) in [6, 6.07) is 13.7. The maximum atomic E-state index is 14.4. The zero-order valence-electron chi connectivity index (χ0n) is 20.1. The van der Waals surface area contributed by atoms with Crippen LogP contribution < -0.4 is 20.4 Å². The lowest BCUT2D eigenvalue weighted by atomic mass is 10.2. The Kier molecular flexibility index (Phi) is 7.10. The minimum absolute atomic E-state index is 0.113. The van der Waals surface area contributed by atoms with Crippen molar-refractivity contribution in [3.8, 4) is 0 Å². The van der Waals surface area contributed by atoms with Gasteiger partial charge in [-0.3, -0.25) is 0 Å². The summed E-state index contributed by atoms with van der Waals surface area (Å²) in [7, 11) is 3.86. The zero-order chi connectivity index (χ0) is 24.1. The highest BCUT2D eigenvalue weighted by Gasteiger charge is 2.11. The number of benzene rings is 2. The second-order valence-corrected chi connectivity index (χ2v) is 8.36. The van der Waals surface area contributed by atoms with Crippen LogP contribution in [-0.4, -0.2) is 47.1 Å². The highest BCUT2D eigenvalue weighted by molar-refractivity contribution is 5.82. The first kappa shape index (κ1) is 23.3. The Labute approximate surface area is 199 Å². The highest BCUT2D eigenvalue weighted by Crippen LogP contribution is 2.25. The fourth-order valence-electron chi connectivity index (χ4n) is 3.73. The number of H-pyrrole nitrogens is 1. The average molecular weight is 463 g/mol. The van der Waals surface area contributed by atoms with Gasteiger partial charge in [0, 0.05) is 44.2 Å². The van der Waals surface area contributed by atoms with Crippen LogP contribution in [0.15, 0.2) is 48.7 Å². The van der Waals surface area contributed by atoms with Crippen LogP contribution in [0.1, 0.15) is 26.7 Å². The van der Waals surface area contributed by atoms with Crippen molar-refractivity contribution >= 4 is 45.8 Å². The number of hydrogen-bond acceptors (Lipinski definition) is 7. The quantitative estimate of drug-likeness (QED) is 0.280. The fraction of sp³-hybridized carbons (Fsp3) is 0.320. The third kappa shape index (κ3) is 5.36. The molecule has 2 aromatic heterocycles. The Morgan fingerprint density at radius 1 is 0.912 bits per heavy atom. The third-order valence-corrected chi connectivity index (χ3v) is 5.38. The Morgan fingerprint density at radius 3 is 2.29 bits per heavy atom. The monoisotopic (exact) mass is 462 g/mol. The largest absolute Gasteiger partial charge is 0.372 e. The maximum absolute atomic E-state index is 14.4. The van der Waals surface area contributed by atoms with Crippen LogP contribution in [0.3, 0.4) is 0 Å². The first-order chi connectivity index (χ1) is 16.5. The number of hydrogen-bond donors (Lipinski definition) is 3. The Bertz CT molecular complexity index is 1230. The van der Waals surface area contributed by atoms with Crippen LogP contribution >= 0.6 is 0 Å². The van der Waals surface area contributed by atoms with E-state index in [4.69, 9.17) is 0 Å². The van der Waals surface area contributed by atoms with E-state index < -0.39 is 5.82 Å². The molecule has 8 nitrogen and oxygen atoms in total. The van der Waals surface area contributed by atoms with Crippen molar-refractivity contribution < 1.29 is 4.39 Å². The molecule has 0 aliphatic carbocycles. The summed E-state index contributed by atoms with van der Waals surface area (Å²) < 4.78 is 14.4. The summed E-state index contributed by atoms with van der Waals surface area (Å²) >= 11 is 0. The molecule has 3 N–H and O–H groups in total. The molecule has 2 heterocycles. The molecular weight excluding hydrogens is 431 g/mol. The van der Waals surface area contributed by atoms with Gasteiger partial charge in [0.05, 0.1) is 17.2 Å². The SMILES string of the molecule is CCCN(CCC)c1ccc(Nc2nc(Nc3ccc4nc(N(C)C)[nH]c4c3)ncc2F)cc1. The summed E-state index contributed by atoms with van der Waals surface area (Å²) in [5.74, 6) is 0.661. The van der Waals surface area contributed by atoms with Gasteiger partial charge in [0.1, 0.15) is 0 Å². The fourth-order valence-corrected chi connectivity index (χ4v) is 3.73. The molecule has 0 radical (unpaired) electrons. The van der Waals surface area contributed by atoms with E-state index in [0.717, 1.165) is 66.2 Å². The molecule has 4 aromatic rings. The molecule has 0 bridgehead atoms. The summed E-state index contributed by atoms with van der Waals surface area (Å²) in [4.78, 5) is 20.5. The number of nitrogens with zero attached hydrogens (tertiary/aromatic N) is 5. The predicted octanol–water partition coefficient (Wildman–Crippen LogP) is 5.67. The molecule has 0 saturated carbocycles. The van der Waals surface area contributed by atoms with Gasteiger partial charge in [0.25, 0.3) is 0 Å². The highest BCUT2D eigenvalue weighted by atomic mass is 19.1. The van der Waals surface area contributed by atoms with Gasteiger partial charge in [-0.25, -0.2) is 14.4 Å². The van der Waals surface area contributed by atoms with Gasteiger partial charge in [-0.2, -0.15) is 4.98 Å². The van der Waals surface area contributed by atoms with E-state index in [1.807, 2.05) is 61.5 Å². The Balaban J connectivity index is 1.49. The van der Waals surface area contributed by atoms with Crippen molar-refractivity contribution in [3.05, 3.63) is 54.5 Å². The molecule has 0 spiro atoms. The second kappa shape index (κ2) is 10.4. The van der Waals surface area contributed by atoms with Crippen molar-refractivity contribution in [2.24, 2.45) is 0 Å². The van der Waals surface area contributed by atoms with Crippen molar-refractivity contribution in [1.82, 2.24) is 19.9 Å². The second-order valence-electron chi connectivity index (χ2n) is 8.36. The number of halogens is 1. The van der Waals surface area contributed by atoms with Crippen LogP contribution in [0.5, 0.6) is 0 Å². The van der Waals surface area contributed by atoms with E-state index in [0.29, 0.717) is 5.95 Å². The van der Waals surface area contributed by atoms with Gasteiger partial charge >= 0.3 is 0 Å². The van der Waals surface area contributed by atoms with Crippen LogP contribution in [0.25, 0.3) is 11.0 Å². The van der Waals surface area contributed by atoms with Gasteiger partial charge in [-0.15, -0.1) is 0 Å². The summed E-state index contributed by atoms with van der Waals surface area (Å²) in [6.45, 7) is 6.38. The van der Waals surface area contributed by atoms with Crippen LogP contribution in [0.2, 0.25) is 0 Å². The van der Waals surface area contributed by atoms with Crippen LogP contribution in [0.4, 0.5) is 39.2 Å². The minimum Gasteiger partial charge on any atom is -0.372 e. The molecule has 0 aliphatic heterocycles. The Hall–Kier alpha value is -3.88. The average Bonchev–Trinajstić information content (AvgIpc) is 3.26. The van der Waals surface area contributed by atoms with E-state index in [-0.39, 0.29) is 5.82 Å². The van der Waals surface area contributed by atoms with Gasteiger partial charge in [-0.05, 0) is 55.3 Å². The lowest BCUT2D eigenvalue weighted by Crippen LogP contribution is -2.24. The van der Waals surface area contributed by atoms with Gasteiger partial charge in [-0.1, -0.05) is 13.8 Å². The Morgan fingerprint density at radius 2 is 1.62 bits per heavy atom. The van der Waals surface area contributed by atoms with Crippen LogP contribution in [0, 0.1) is 5.82 Å². The smallest absolute Gasteiger partial charge is 0.229 e. The van der Waals surface area contributed by atoms with E-state index >= 15 is 0 Å². The van der Waals surface area contributed by atoms with Crippen molar-refractivity contribution in [2.45, 2.75) is 26.7 Å². The van der Waals surface area contributed by atoms with Gasteiger partial charge in [0.2, 0.25) is 11.9 Å². The zero-order valence-corrected chi connectivity index (χ0v) is 20.1. The molecule has 34 heavy (non-hydrogen) atoms. The number of aromatic nitrogens is 4. The number of fused-ring (bicyclic) bond motifs is 1. The molecule has 0 aliphatic rings. The topological polar surface area (TPSA) is 85.0 Å². The van der Waals surface area contributed by atoms with Crippen molar-refractivity contribution in [1.29, 1.82) is 0 Å². The molecule has 0 atom stereocenters. The van der Waals surface area contributed by atoms with Gasteiger partial charge in [0.15, 0.2) is 11.6 Å². The molecule has 0 saturated heterocycles. The normalized spacial score (nSPS) is 11.0. The molecule has 0 fully saturated rings. The van der Waals surface area contributed by atoms with Crippen LogP contribution in [-0.2, 0) is 0 Å². The first-order valence-corrected chi connectivity index (χ1v) is 11.6. The molecular formula is C25H31FN8. The summed E-state index contributed by atoms with van der Waals surface area (Å²) in [6.07, 6.45) is 3.34. The number of nitrogens with one attached hydrogen (secondary N) is 3. The predicted molar refractivity (Wildman–Crippen MR) is 138 cm³/mol. The van der Waals surface area contributed by atoms with E-state index in [2.05, 4.69) is 49.3 Å². The summed E-state index contributed by atoms with van der Waals surface area (Å²) in [5, 5.41) is 6.21. The number of imidazole rings is 1. The van der Waals surface area contributed by atoms with Crippen molar-refractivity contribution in [2.75, 3.05) is 47.6 Å². The number of aromatic amines is 1. The van der Waals surface area contributed by atoms with Crippen molar-refractivity contribution in [3.63, 3.8) is 0 Å². The molecule has 0 amide bonds. The first-order valence-electron chi connectivity index (χ1n) is 11.6. The lowest BCUT2D eigenvalue weighted by molar-refractivity contribution is 0.619. The van der Waals surface area contributed by atoms with E-state index in [1.54, 1.807) is 0 Å². The molecule has 9 heteroatoms. The van der Waals surface area contributed by atoms with E-state index in [1.165, 1.54) is 0 Å². The number of rotatable bonds is 10. The molecule has 4 rings (SSSR count). The van der Waals surface area contributed by atoms with E-state index in [9.17, 15) is 4.39 Å². The molecule has 2 aromatic carbocycles. The standard InChI is InChI=1S/C25H31FN8/c1-5-13-34(14-6-2)19-10-7-17(8-11-19)28-23-20(26)16-27-24(32-23)29-18-9-12-21-22(15-18)31-25(30-21)33(3)4/h7-12,15-16H,5-6,13-14H2,1-4H3,(H,30,31)(H2,27,28,29,32). The lowest BCUT2D eigenvalue weighted by Gasteiger charge is -2.24. The maximum Gasteiger partial charge on any atom is 0.229 e. The third-order valence-electron chi connectivity index (χ3n) is 5.38. The van der Waals surface area contributed by atoms with Gasteiger partial charge < -0.3 is 25.4 Å². The molecule has 0 unspecified atom stereocenters. The molecule has 178 valence electrons. The minimum atomic E-state index is -0.520. The summed E-state index contributed by atoms with van der Waals surface area (Å²) in [5.41, 5.74) is 4.43. The number of anilines is 6.